The van der Waals surface area contributed by atoms with E-state index in [1.807, 2.05) is 13.0 Å². The minimum Gasteiger partial charge on any atom is -0.390 e. The smallest absolute Gasteiger partial charge is 0.212 e. The number of rotatable bonds is 4. The summed E-state index contributed by atoms with van der Waals surface area (Å²) in [5.41, 5.74) is 2.96. The fourth-order valence-electron chi connectivity index (χ4n) is 2.11. The third-order valence-electron chi connectivity index (χ3n) is 3.16. The van der Waals surface area contributed by atoms with Crippen molar-refractivity contribution in [3.8, 4) is 0 Å². The Kier molecular flexibility index (Phi) is 3.31. The summed E-state index contributed by atoms with van der Waals surface area (Å²) >= 11 is 1.60. The van der Waals surface area contributed by atoms with Crippen LogP contribution in [0.25, 0.3) is 4.96 Å². The Morgan fingerprint density at radius 1 is 1.21 bits per heavy atom. The molecule has 0 saturated heterocycles. The van der Waals surface area contributed by atoms with Crippen LogP contribution in [0.15, 0.2) is 30.3 Å². The van der Waals surface area contributed by atoms with Gasteiger partial charge in [0, 0.05) is 6.42 Å². The third-order valence-corrected chi connectivity index (χ3v) is 4.13. The number of hydrogen-bond acceptors (Lipinski definition) is 4. The zero-order chi connectivity index (χ0) is 13.2. The first kappa shape index (κ1) is 12.3. The van der Waals surface area contributed by atoms with Crippen molar-refractivity contribution in [2.45, 2.75) is 26.4 Å². The van der Waals surface area contributed by atoms with E-state index in [1.54, 1.807) is 15.9 Å². The Morgan fingerprint density at radius 3 is 2.74 bits per heavy atom. The lowest BCUT2D eigenvalue weighted by molar-refractivity contribution is 0.273. The van der Waals surface area contributed by atoms with Crippen LogP contribution in [0, 0.1) is 6.92 Å². The Balaban J connectivity index is 1.80. The van der Waals surface area contributed by atoms with E-state index in [0.29, 0.717) is 0 Å². The second kappa shape index (κ2) is 5.11. The summed E-state index contributed by atoms with van der Waals surface area (Å²) in [4.78, 5) is 5.28. The molecule has 0 aliphatic rings. The monoisotopic (exact) mass is 273 g/mol. The molecule has 0 radical (unpaired) electrons. The van der Waals surface area contributed by atoms with Crippen LogP contribution in [0.4, 0.5) is 0 Å². The second-order valence-corrected chi connectivity index (χ2v) is 5.52. The predicted octanol–water partition coefficient (Wildman–Crippen LogP) is 2.38. The van der Waals surface area contributed by atoms with Gasteiger partial charge in [0.25, 0.3) is 0 Å². The van der Waals surface area contributed by atoms with Crippen molar-refractivity contribution in [1.29, 1.82) is 0 Å². The van der Waals surface area contributed by atoms with Crippen molar-refractivity contribution < 1.29 is 5.11 Å². The Morgan fingerprint density at radius 2 is 2.00 bits per heavy atom. The molecule has 4 nitrogen and oxygen atoms in total. The van der Waals surface area contributed by atoms with Crippen LogP contribution in [0.5, 0.6) is 0 Å². The highest BCUT2D eigenvalue weighted by atomic mass is 32.1. The predicted molar refractivity (Wildman–Crippen MR) is 75.4 cm³/mol. The molecule has 0 amide bonds. The normalized spacial score (nSPS) is 11.3. The first-order valence-electron chi connectivity index (χ1n) is 6.26. The van der Waals surface area contributed by atoms with E-state index < -0.39 is 0 Å². The summed E-state index contributed by atoms with van der Waals surface area (Å²) in [5.74, 6) is 0. The molecule has 0 saturated carbocycles. The van der Waals surface area contributed by atoms with Gasteiger partial charge < -0.3 is 5.11 Å². The molecule has 0 fully saturated rings. The van der Waals surface area contributed by atoms with Gasteiger partial charge in [0.2, 0.25) is 4.96 Å². The molecule has 1 N–H and O–H groups in total. The van der Waals surface area contributed by atoms with Gasteiger partial charge in [0.15, 0.2) is 0 Å². The van der Waals surface area contributed by atoms with Crippen molar-refractivity contribution >= 4 is 16.3 Å². The van der Waals surface area contributed by atoms with Gasteiger partial charge in [-0.05, 0) is 18.9 Å². The van der Waals surface area contributed by atoms with Gasteiger partial charge in [-0.2, -0.15) is 5.10 Å². The van der Waals surface area contributed by atoms with Crippen molar-refractivity contribution in [3.63, 3.8) is 0 Å². The van der Waals surface area contributed by atoms with E-state index in [2.05, 4.69) is 34.3 Å². The first-order valence-corrected chi connectivity index (χ1v) is 7.08. The average Bonchev–Trinajstić information content (AvgIpc) is 2.93. The van der Waals surface area contributed by atoms with Crippen LogP contribution >= 0.6 is 11.3 Å². The molecule has 98 valence electrons. The standard InChI is InChI=1S/C14H15N3OS/c1-10-12(9-18)17-14(15-10)19-13(16-17)8-7-11-5-3-2-4-6-11/h2-6,18H,7-9H2,1H3. The van der Waals surface area contributed by atoms with E-state index >= 15 is 0 Å². The Bertz CT molecular complexity index is 687. The lowest BCUT2D eigenvalue weighted by atomic mass is 10.1. The van der Waals surface area contributed by atoms with Crippen molar-refractivity contribution in [1.82, 2.24) is 14.6 Å². The number of benzene rings is 1. The van der Waals surface area contributed by atoms with Crippen LogP contribution < -0.4 is 0 Å². The number of nitrogens with zero attached hydrogens (tertiary/aromatic N) is 3. The summed E-state index contributed by atoms with van der Waals surface area (Å²) in [6.07, 6.45) is 1.88. The fraction of sp³-hybridized carbons (Fsp3) is 0.286. The van der Waals surface area contributed by atoms with Crippen LogP contribution in [0.1, 0.15) is 22.0 Å². The minimum absolute atomic E-state index is 0.0190. The summed E-state index contributed by atoms with van der Waals surface area (Å²) in [6, 6.07) is 10.4. The van der Waals surface area contributed by atoms with Crippen molar-refractivity contribution in [2.75, 3.05) is 0 Å². The number of aliphatic hydroxyl groups excluding tert-OH is 1. The number of fused-ring (bicyclic) bond motifs is 1. The molecule has 0 spiro atoms. The van der Waals surface area contributed by atoms with Crippen LogP contribution in [-0.2, 0) is 19.4 Å². The molecule has 2 heterocycles. The molecular weight excluding hydrogens is 258 g/mol. The molecule has 5 heteroatoms. The molecule has 3 aromatic rings. The van der Waals surface area contributed by atoms with Gasteiger partial charge >= 0.3 is 0 Å². The second-order valence-electron chi connectivity index (χ2n) is 4.48. The fourth-order valence-corrected chi connectivity index (χ4v) is 3.07. The van der Waals surface area contributed by atoms with Gasteiger partial charge in [-0.3, -0.25) is 0 Å². The van der Waals surface area contributed by atoms with Crippen molar-refractivity contribution in [2.24, 2.45) is 0 Å². The van der Waals surface area contributed by atoms with E-state index in [4.69, 9.17) is 0 Å². The maximum Gasteiger partial charge on any atom is 0.212 e. The molecule has 2 aromatic heterocycles. The zero-order valence-electron chi connectivity index (χ0n) is 10.7. The highest BCUT2D eigenvalue weighted by Crippen LogP contribution is 2.19. The largest absolute Gasteiger partial charge is 0.390 e. The van der Waals surface area contributed by atoms with Crippen LogP contribution in [0.2, 0.25) is 0 Å². The van der Waals surface area contributed by atoms with E-state index in [-0.39, 0.29) is 6.61 Å². The lowest BCUT2D eigenvalue weighted by Crippen LogP contribution is -1.97. The van der Waals surface area contributed by atoms with E-state index in [9.17, 15) is 5.11 Å². The lowest BCUT2D eigenvalue weighted by Gasteiger charge is -1.98. The number of aliphatic hydroxyl groups is 1. The molecule has 19 heavy (non-hydrogen) atoms. The van der Waals surface area contributed by atoms with Crippen LogP contribution in [0.3, 0.4) is 0 Å². The summed E-state index contributed by atoms with van der Waals surface area (Å²) in [6.45, 7) is 1.88. The Hall–Kier alpha value is -1.72. The maximum absolute atomic E-state index is 9.33. The number of hydrogen-bond donors (Lipinski definition) is 1. The molecule has 0 atom stereocenters. The minimum atomic E-state index is -0.0190. The highest BCUT2D eigenvalue weighted by molar-refractivity contribution is 7.16. The summed E-state index contributed by atoms with van der Waals surface area (Å²) in [5, 5.41) is 14.9. The van der Waals surface area contributed by atoms with Crippen molar-refractivity contribution in [3.05, 3.63) is 52.3 Å². The van der Waals surface area contributed by atoms with Gasteiger partial charge in [0.05, 0.1) is 18.0 Å². The third kappa shape index (κ3) is 2.39. The first-order chi connectivity index (χ1) is 9.28. The molecule has 1 aromatic carbocycles. The molecule has 0 aliphatic carbocycles. The van der Waals surface area contributed by atoms with Gasteiger partial charge in [-0.1, -0.05) is 41.7 Å². The molecule has 0 bridgehead atoms. The van der Waals surface area contributed by atoms with Gasteiger partial charge in [-0.15, -0.1) is 0 Å². The maximum atomic E-state index is 9.33. The Labute approximate surface area is 115 Å². The number of imidazole rings is 1. The topological polar surface area (TPSA) is 50.4 Å². The van der Waals surface area contributed by atoms with Crippen LogP contribution in [-0.4, -0.2) is 19.7 Å². The molecular formula is C14H15N3OS. The average molecular weight is 273 g/mol. The quantitative estimate of drug-likeness (QED) is 0.794. The summed E-state index contributed by atoms with van der Waals surface area (Å²) < 4.78 is 1.76. The SMILES string of the molecule is Cc1nc2sc(CCc3ccccc3)nn2c1CO. The number of aryl methyl sites for hydroxylation is 3. The molecule has 3 rings (SSSR count). The molecule has 0 unspecified atom stereocenters. The zero-order valence-corrected chi connectivity index (χ0v) is 11.5. The number of aromatic nitrogens is 3. The highest BCUT2D eigenvalue weighted by Gasteiger charge is 2.12. The van der Waals surface area contributed by atoms with Gasteiger partial charge in [-0.25, -0.2) is 9.50 Å². The summed E-state index contributed by atoms with van der Waals surface area (Å²) in [7, 11) is 0. The molecule has 0 aliphatic heterocycles. The van der Waals surface area contributed by atoms with Gasteiger partial charge in [0.1, 0.15) is 5.01 Å². The van der Waals surface area contributed by atoms with E-state index in [1.165, 1.54) is 5.56 Å². The van der Waals surface area contributed by atoms with E-state index in [0.717, 1.165) is 34.2 Å².